The van der Waals surface area contributed by atoms with Crippen LogP contribution in [0.25, 0.3) is 0 Å². The highest BCUT2D eigenvalue weighted by atomic mass is 16.3. The number of carbonyl (C=O) groups excluding carboxylic acids is 1. The van der Waals surface area contributed by atoms with E-state index in [-0.39, 0.29) is 12.6 Å². The van der Waals surface area contributed by atoms with Crippen molar-refractivity contribution < 1.29 is 9.90 Å². The van der Waals surface area contributed by atoms with Crippen LogP contribution in [0.3, 0.4) is 0 Å². The van der Waals surface area contributed by atoms with Crippen LogP contribution in [0.4, 0.5) is 4.79 Å². The van der Waals surface area contributed by atoms with Gasteiger partial charge in [0.15, 0.2) is 0 Å². The summed E-state index contributed by atoms with van der Waals surface area (Å²) in [7, 11) is 0. The zero-order valence-corrected chi connectivity index (χ0v) is 10.4. The topological polar surface area (TPSA) is 76.4 Å². The Morgan fingerprint density at radius 1 is 1.56 bits per heavy atom. The average Bonchev–Trinajstić information content (AvgIpc) is 2.42. The van der Waals surface area contributed by atoms with E-state index in [0.717, 1.165) is 5.56 Å². The molecule has 0 saturated heterocycles. The van der Waals surface area contributed by atoms with Crippen molar-refractivity contribution in [1.29, 1.82) is 5.26 Å². The summed E-state index contributed by atoms with van der Waals surface area (Å²) in [6.07, 6.45) is 0. The maximum absolute atomic E-state index is 11.7. The summed E-state index contributed by atoms with van der Waals surface area (Å²) in [5.74, 6) is 0. The fraction of sp³-hybridized carbons (Fsp3) is 0.385. The molecular formula is C13H17N3O2. The van der Waals surface area contributed by atoms with E-state index in [1.54, 1.807) is 18.2 Å². The van der Waals surface area contributed by atoms with E-state index < -0.39 is 0 Å². The van der Waals surface area contributed by atoms with Gasteiger partial charge in [0.1, 0.15) is 0 Å². The Morgan fingerprint density at radius 2 is 2.33 bits per heavy atom. The summed E-state index contributed by atoms with van der Waals surface area (Å²) in [4.78, 5) is 13.3. The number of hydrogen-bond donors (Lipinski definition) is 2. The Balaban J connectivity index is 2.54. The quantitative estimate of drug-likeness (QED) is 0.817. The second-order valence-corrected chi connectivity index (χ2v) is 3.77. The Kier molecular flexibility index (Phi) is 5.68. The van der Waals surface area contributed by atoms with Gasteiger partial charge in [0.25, 0.3) is 0 Å². The van der Waals surface area contributed by atoms with Crippen LogP contribution in [0.15, 0.2) is 24.3 Å². The van der Waals surface area contributed by atoms with Gasteiger partial charge in [0.05, 0.1) is 18.2 Å². The number of nitrogens with one attached hydrogen (secondary N) is 1. The minimum absolute atomic E-state index is 0.0504. The zero-order chi connectivity index (χ0) is 13.4. The summed E-state index contributed by atoms with van der Waals surface area (Å²) in [6.45, 7) is 3.04. The predicted octanol–water partition coefficient (Wildman–Crippen LogP) is 1.08. The van der Waals surface area contributed by atoms with Crippen molar-refractivity contribution in [3.63, 3.8) is 0 Å². The van der Waals surface area contributed by atoms with Crippen molar-refractivity contribution in [3.05, 3.63) is 35.4 Å². The summed E-state index contributed by atoms with van der Waals surface area (Å²) in [5.41, 5.74) is 1.45. The number of nitrogens with zero attached hydrogens (tertiary/aromatic N) is 2. The third-order valence-corrected chi connectivity index (χ3v) is 2.54. The highest BCUT2D eigenvalue weighted by Gasteiger charge is 2.09. The van der Waals surface area contributed by atoms with Gasteiger partial charge in [-0.25, -0.2) is 4.79 Å². The second kappa shape index (κ2) is 7.30. The average molecular weight is 247 g/mol. The predicted molar refractivity (Wildman–Crippen MR) is 67.7 cm³/mol. The van der Waals surface area contributed by atoms with Crippen LogP contribution in [-0.2, 0) is 6.54 Å². The Morgan fingerprint density at radius 3 is 2.94 bits per heavy atom. The monoisotopic (exact) mass is 247 g/mol. The second-order valence-electron chi connectivity index (χ2n) is 3.77. The summed E-state index contributed by atoms with van der Waals surface area (Å²) >= 11 is 0. The number of nitriles is 1. The summed E-state index contributed by atoms with van der Waals surface area (Å²) in [5, 5.41) is 20.3. The minimum atomic E-state index is -0.214. The molecular weight excluding hydrogens is 230 g/mol. The highest BCUT2D eigenvalue weighted by Crippen LogP contribution is 2.03. The first-order valence-electron chi connectivity index (χ1n) is 5.84. The van der Waals surface area contributed by atoms with E-state index in [1.165, 1.54) is 4.90 Å². The summed E-state index contributed by atoms with van der Waals surface area (Å²) in [6, 6.07) is 8.93. The van der Waals surface area contributed by atoms with Gasteiger partial charge in [0, 0.05) is 19.6 Å². The maximum atomic E-state index is 11.7. The fourth-order valence-corrected chi connectivity index (χ4v) is 1.56. The molecule has 1 aromatic rings. The first-order chi connectivity index (χ1) is 8.71. The van der Waals surface area contributed by atoms with E-state index in [4.69, 9.17) is 10.4 Å². The molecule has 0 unspecified atom stereocenters. The van der Waals surface area contributed by atoms with Crippen molar-refractivity contribution in [2.75, 3.05) is 19.7 Å². The molecule has 2 N–H and O–H groups in total. The SMILES string of the molecule is CCN(CCO)C(=O)NCc1cccc(C#N)c1. The molecule has 0 aliphatic carbocycles. The van der Waals surface area contributed by atoms with E-state index in [9.17, 15) is 4.79 Å². The molecule has 1 aromatic carbocycles. The lowest BCUT2D eigenvalue weighted by atomic mass is 10.1. The maximum Gasteiger partial charge on any atom is 0.317 e. The molecule has 0 fully saturated rings. The molecule has 5 nitrogen and oxygen atoms in total. The van der Waals surface area contributed by atoms with E-state index in [1.807, 2.05) is 13.0 Å². The minimum Gasteiger partial charge on any atom is -0.395 e. The van der Waals surface area contributed by atoms with Gasteiger partial charge in [0.2, 0.25) is 0 Å². The number of carbonyl (C=O) groups is 1. The zero-order valence-electron chi connectivity index (χ0n) is 10.4. The largest absolute Gasteiger partial charge is 0.395 e. The molecule has 0 spiro atoms. The number of aliphatic hydroxyl groups excluding tert-OH is 1. The number of hydrogen-bond acceptors (Lipinski definition) is 3. The molecule has 0 aliphatic heterocycles. The molecule has 0 radical (unpaired) electrons. The van der Waals surface area contributed by atoms with E-state index in [2.05, 4.69) is 11.4 Å². The van der Waals surface area contributed by atoms with Gasteiger partial charge >= 0.3 is 6.03 Å². The lowest BCUT2D eigenvalue weighted by molar-refractivity contribution is 0.180. The first-order valence-corrected chi connectivity index (χ1v) is 5.84. The van der Waals surface area contributed by atoms with Crippen molar-refractivity contribution in [2.24, 2.45) is 0 Å². The van der Waals surface area contributed by atoms with Crippen molar-refractivity contribution in [3.8, 4) is 6.07 Å². The number of urea groups is 1. The number of likely N-dealkylation sites (N-methyl/N-ethyl adjacent to an activating group) is 1. The summed E-state index contributed by atoms with van der Waals surface area (Å²) < 4.78 is 0. The third-order valence-electron chi connectivity index (χ3n) is 2.54. The molecule has 0 bridgehead atoms. The molecule has 0 aliphatic rings. The van der Waals surface area contributed by atoms with Crippen molar-refractivity contribution >= 4 is 6.03 Å². The van der Waals surface area contributed by atoms with E-state index >= 15 is 0 Å². The smallest absolute Gasteiger partial charge is 0.317 e. The van der Waals surface area contributed by atoms with Crippen LogP contribution >= 0.6 is 0 Å². The normalized spacial score (nSPS) is 9.61. The van der Waals surface area contributed by atoms with Crippen molar-refractivity contribution in [2.45, 2.75) is 13.5 Å². The Labute approximate surface area is 107 Å². The first kappa shape index (κ1) is 14.0. The van der Waals surface area contributed by atoms with Gasteiger partial charge in [-0.05, 0) is 24.6 Å². The Bertz CT molecular complexity index is 440. The molecule has 5 heteroatoms. The molecule has 96 valence electrons. The lowest BCUT2D eigenvalue weighted by Gasteiger charge is -2.20. The number of aliphatic hydroxyl groups is 1. The molecule has 18 heavy (non-hydrogen) atoms. The standard InChI is InChI=1S/C13H17N3O2/c1-2-16(6-7-17)13(18)15-10-12-5-3-4-11(8-12)9-14/h3-5,8,17H,2,6-7,10H2,1H3,(H,15,18). The van der Waals surface area contributed by atoms with Gasteiger partial charge in [-0.1, -0.05) is 12.1 Å². The van der Waals surface area contributed by atoms with Gasteiger partial charge < -0.3 is 15.3 Å². The molecule has 1 rings (SSSR count). The van der Waals surface area contributed by atoms with Crippen LogP contribution in [0.2, 0.25) is 0 Å². The molecule has 2 amide bonds. The van der Waals surface area contributed by atoms with Crippen LogP contribution < -0.4 is 5.32 Å². The van der Waals surface area contributed by atoms with Crippen molar-refractivity contribution in [1.82, 2.24) is 10.2 Å². The van der Waals surface area contributed by atoms with Gasteiger partial charge in [-0.15, -0.1) is 0 Å². The molecule has 0 atom stereocenters. The Hall–Kier alpha value is -2.06. The lowest BCUT2D eigenvalue weighted by Crippen LogP contribution is -2.41. The number of amides is 2. The van der Waals surface area contributed by atoms with Gasteiger partial charge in [-0.3, -0.25) is 0 Å². The molecule has 0 aromatic heterocycles. The number of benzene rings is 1. The highest BCUT2D eigenvalue weighted by molar-refractivity contribution is 5.74. The van der Waals surface area contributed by atoms with Crippen LogP contribution in [0, 0.1) is 11.3 Å². The third kappa shape index (κ3) is 4.07. The van der Waals surface area contributed by atoms with Crippen LogP contribution in [-0.4, -0.2) is 35.7 Å². The fourth-order valence-electron chi connectivity index (χ4n) is 1.56. The molecule has 0 heterocycles. The molecule has 0 saturated carbocycles. The van der Waals surface area contributed by atoms with Crippen LogP contribution in [0.1, 0.15) is 18.1 Å². The van der Waals surface area contributed by atoms with Gasteiger partial charge in [-0.2, -0.15) is 5.26 Å². The van der Waals surface area contributed by atoms with Crippen LogP contribution in [0.5, 0.6) is 0 Å². The van der Waals surface area contributed by atoms with E-state index in [0.29, 0.717) is 25.2 Å². The number of rotatable bonds is 5.